The number of aryl methyl sites for hydroxylation is 1. The van der Waals surface area contributed by atoms with Gasteiger partial charge in [0.1, 0.15) is 5.60 Å². The first-order chi connectivity index (χ1) is 11.3. The maximum atomic E-state index is 12.3. The van der Waals surface area contributed by atoms with Crippen LogP contribution < -0.4 is 5.73 Å². The summed E-state index contributed by atoms with van der Waals surface area (Å²) >= 11 is 0. The molecule has 4 nitrogen and oxygen atoms in total. The molecule has 1 aliphatic rings. The van der Waals surface area contributed by atoms with E-state index in [1.165, 1.54) is 0 Å². The standard InChI is InChI=1S/C20H20N2O2/c1-11-17(13-7-5-6-8-16(13)22(11)4)14-9-12(21)10-15-18(14)20(2,3)24-19(15)23/h5-10H,21H2,1-4H3. The summed E-state index contributed by atoms with van der Waals surface area (Å²) in [7, 11) is 2.06. The number of nitrogens with two attached hydrogens (primary N) is 1. The van der Waals surface area contributed by atoms with E-state index in [0.717, 1.165) is 33.3 Å². The summed E-state index contributed by atoms with van der Waals surface area (Å²) in [6.45, 7) is 5.95. The molecule has 4 heteroatoms. The van der Waals surface area contributed by atoms with E-state index < -0.39 is 5.60 Å². The molecular weight excluding hydrogens is 300 g/mol. The number of para-hydroxylation sites is 1. The molecule has 2 aromatic carbocycles. The van der Waals surface area contributed by atoms with Crippen LogP contribution in [0.3, 0.4) is 0 Å². The van der Waals surface area contributed by atoms with Crippen LogP contribution in [0.5, 0.6) is 0 Å². The van der Waals surface area contributed by atoms with Crippen LogP contribution in [0.2, 0.25) is 0 Å². The lowest BCUT2D eigenvalue weighted by Crippen LogP contribution is -2.17. The Hall–Kier alpha value is -2.75. The summed E-state index contributed by atoms with van der Waals surface area (Å²) in [5, 5.41) is 1.15. The van der Waals surface area contributed by atoms with Gasteiger partial charge in [-0.2, -0.15) is 0 Å². The monoisotopic (exact) mass is 320 g/mol. The Balaban J connectivity index is 2.16. The zero-order chi connectivity index (χ0) is 17.2. The number of nitrogen functional groups attached to an aromatic ring is 1. The third kappa shape index (κ3) is 1.83. The molecule has 3 aromatic rings. The normalized spacial score (nSPS) is 15.6. The predicted molar refractivity (Wildman–Crippen MR) is 95.9 cm³/mol. The minimum atomic E-state index is -0.668. The van der Waals surface area contributed by atoms with E-state index in [2.05, 4.69) is 30.7 Å². The molecule has 24 heavy (non-hydrogen) atoms. The largest absolute Gasteiger partial charge is 0.451 e. The van der Waals surface area contributed by atoms with Crippen LogP contribution in [0, 0.1) is 6.92 Å². The number of hydrogen-bond donors (Lipinski definition) is 1. The number of rotatable bonds is 1. The van der Waals surface area contributed by atoms with E-state index in [0.29, 0.717) is 11.3 Å². The molecule has 0 unspecified atom stereocenters. The second kappa shape index (κ2) is 4.63. The van der Waals surface area contributed by atoms with E-state index in [1.54, 1.807) is 6.07 Å². The fraction of sp³-hybridized carbons (Fsp3) is 0.250. The predicted octanol–water partition coefficient (Wildman–Crippen LogP) is 4.14. The van der Waals surface area contributed by atoms with Crippen molar-refractivity contribution in [1.29, 1.82) is 0 Å². The van der Waals surface area contributed by atoms with Gasteiger partial charge >= 0.3 is 5.97 Å². The van der Waals surface area contributed by atoms with Crippen LogP contribution in [0.15, 0.2) is 36.4 Å². The second-order valence-electron chi connectivity index (χ2n) is 6.93. The lowest BCUT2D eigenvalue weighted by Gasteiger charge is -2.21. The molecule has 1 aliphatic heterocycles. The molecular formula is C20H20N2O2. The molecule has 0 bridgehead atoms. The second-order valence-corrected chi connectivity index (χ2v) is 6.93. The Morgan fingerprint density at radius 1 is 1.12 bits per heavy atom. The van der Waals surface area contributed by atoms with E-state index in [-0.39, 0.29) is 5.97 Å². The van der Waals surface area contributed by atoms with Crippen molar-refractivity contribution in [3.05, 3.63) is 53.2 Å². The highest BCUT2D eigenvalue weighted by Crippen LogP contribution is 2.46. The van der Waals surface area contributed by atoms with Crippen molar-refractivity contribution >= 4 is 22.6 Å². The lowest BCUT2D eigenvalue weighted by molar-refractivity contribution is 0.00971. The SMILES string of the molecule is Cc1c(-c2cc(N)cc3c2C(C)(C)OC3=O)c2ccccc2n1C. The number of aromatic nitrogens is 1. The number of cyclic esters (lactones) is 1. The maximum absolute atomic E-state index is 12.3. The fourth-order valence-electron chi connectivity index (χ4n) is 3.87. The Kier molecular flexibility index (Phi) is 2.86. The summed E-state index contributed by atoms with van der Waals surface area (Å²) in [6.07, 6.45) is 0. The molecule has 1 aromatic heterocycles. The number of carbonyl (C=O) groups excluding carboxylic acids is 1. The average Bonchev–Trinajstić information content (AvgIpc) is 2.90. The minimum absolute atomic E-state index is 0.304. The summed E-state index contributed by atoms with van der Waals surface area (Å²) in [4.78, 5) is 12.3. The fourth-order valence-corrected chi connectivity index (χ4v) is 3.87. The first kappa shape index (κ1) is 14.8. The van der Waals surface area contributed by atoms with Crippen molar-refractivity contribution < 1.29 is 9.53 Å². The molecule has 0 aliphatic carbocycles. The van der Waals surface area contributed by atoms with E-state index >= 15 is 0 Å². The number of hydrogen-bond acceptors (Lipinski definition) is 3. The first-order valence-electron chi connectivity index (χ1n) is 8.03. The van der Waals surface area contributed by atoms with E-state index in [4.69, 9.17) is 10.5 Å². The number of nitrogens with zero attached hydrogens (tertiary/aromatic N) is 1. The Morgan fingerprint density at radius 2 is 1.79 bits per heavy atom. The molecule has 0 fully saturated rings. The van der Waals surface area contributed by atoms with E-state index in [9.17, 15) is 4.79 Å². The van der Waals surface area contributed by atoms with Gasteiger partial charge < -0.3 is 15.0 Å². The molecule has 4 rings (SSSR count). The van der Waals surface area contributed by atoms with Crippen molar-refractivity contribution in [3.63, 3.8) is 0 Å². The summed E-state index contributed by atoms with van der Waals surface area (Å²) in [6, 6.07) is 12.0. The van der Waals surface area contributed by atoms with Crippen LogP contribution in [0.1, 0.15) is 35.5 Å². The zero-order valence-electron chi connectivity index (χ0n) is 14.3. The summed E-state index contributed by atoms with van der Waals surface area (Å²) in [5.41, 5.74) is 11.9. The zero-order valence-corrected chi connectivity index (χ0v) is 14.3. The van der Waals surface area contributed by atoms with Crippen LogP contribution in [0.4, 0.5) is 5.69 Å². The van der Waals surface area contributed by atoms with Crippen LogP contribution >= 0.6 is 0 Å². The quantitative estimate of drug-likeness (QED) is 0.541. The molecule has 0 radical (unpaired) electrons. The molecule has 0 amide bonds. The molecule has 0 saturated carbocycles. The average molecular weight is 320 g/mol. The lowest BCUT2D eigenvalue weighted by atomic mass is 9.86. The van der Waals surface area contributed by atoms with Crippen LogP contribution in [-0.4, -0.2) is 10.5 Å². The Bertz CT molecular complexity index is 1010. The minimum Gasteiger partial charge on any atom is -0.451 e. The molecule has 0 atom stereocenters. The van der Waals surface area contributed by atoms with Gasteiger partial charge in [0.05, 0.1) is 5.56 Å². The van der Waals surface area contributed by atoms with Gasteiger partial charge in [-0.15, -0.1) is 0 Å². The molecule has 2 heterocycles. The number of fused-ring (bicyclic) bond motifs is 2. The van der Waals surface area contributed by atoms with Crippen LogP contribution in [0.25, 0.3) is 22.0 Å². The van der Waals surface area contributed by atoms with Crippen molar-refractivity contribution in [2.45, 2.75) is 26.4 Å². The van der Waals surface area contributed by atoms with Gasteiger partial charge in [0.2, 0.25) is 0 Å². The highest BCUT2D eigenvalue weighted by atomic mass is 16.6. The van der Waals surface area contributed by atoms with Crippen LogP contribution in [-0.2, 0) is 17.4 Å². The summed E-state index contributed by atoms with van der Waals surface area (Å²) in [5.74, 6) is -0.304. The van der Waals surface area contributed by atoms with Gasteiger partial charge in [-0.25, -0.2) is 4.79 Å². The van der Waals surface area contributed by atoms with Gasteiger partial charge in [-0.3, -0.25) is 0 Å². The van der Waals surface area contributed by atoms with Gasteiger partial charge in [0.15, 0.2) is 0 Å². The highest BCUT2D eigenvalue weighted by Gasteiger charge is 2.41. The first-order valence-corrected chi connectivity index (χ1v) is 8.03. The third-order valence-corrected chi connectivity index (χ3v) is 5.00. The van der Waals surface area contributed by atoms with E-state index in [1.807, 2.05) is 32.0 Å². The third-order valence-electron chi connectivity index (χ3n) is 5.00. The molecule has 122 valence electrons. The van der Waals surface area contributed by atoms with Crippen molar-refractivity contribution in [3.8, 4) is 11.1 Å². The molecule has 0 spiro atoms. The van der Waals surface area contributed by atoms with Gasteiger partial charge in [-0.1, -0.05) is 18.2 Å². The van der Waals surface area contributed by atoms with Crippen molar-refractivity contribution in [2.24, 2.45) is 7.05 Å². The number of ether oxygens (including phenoxy) is 1. The number of carbonyl (C=O) groups is 1. The molecule has 2 N–H and O–H groups in total. The number of esters is 1. The van der Waals surface area contributed by atoms with Crippen molar-refractivity contribution in [1.82, 2.24) is 4.57 Å². The van der Waals surface area contributed by atoms with Gasteiger partial charge in [0.25, 0.3) is 0 Å². The van der Waals surface area contributed by atoms with Crippen molar-refractivity contribution in [2.75, 3.05) is 5.73 Å². The topological polar surface area (TPSA) is 57.2 Å². The van der Waals surface area contributed by atoms with Gasteiger partial charge in [0, 0.05) is 40.5 Å². The number of anilines is 1. The molecule has 0 saturated heterocycles. The smallest absolute Gasteiger partial charge is 0.339 e. The maximum Gasteiger partial charge on any atom is 0.339 e. The van der Waals surface area contributed by atoms with Gasteiger partial charge in [-0.05, 0) is 44.5 Å². The number of benzene rings is 2. The summed E-state index contributed by atoms with van der Waals surface area (Å²) < 4.78 is 7.77. The highest BCUT2D eigenvalue weighted by molar-refractivity contribution is 6.04. The Morgan fingerprint density at radius 3 is 2.54 bits per heavy atom. The Labute approximate surface area is 140 Å².